The van der Waals surface area contributed by atoms with Gasteiger partial charge in [0.15, 0.2) is 0 Å². The number of carboxylic acid groups (broad SMARTS) is 1. The molecule has 2 aliphatic heterocycles. The average molecular weight is 806 g/mol. The van der Waals surface area contributed by atoms with Crippen molar-refractivity contribution in [3.63, 3.8) is 0 Å². The minimum atomic E-state index is -1.78. The molecule has 0 aromatic heterocycles. The Hall–Kier alpha value is -5.47. The number of carboxylic acids is 1. The first-order valence-electron chi connectivity index (χ1n) is 18.1. The number of ether oxygens (including phenoxy) is 5. The Morgan fingerprint density at radius 3 is 1.88 bits per heavy atom. The van der Waals surface area contributed by atoms with Gasteiger partial charge in [-0.1, -0.05) is 54.6 Å². The number of methoxy groups -OCH3 is 1. The molecule has 0 radical (unpaired) electrons. The molecule has 1 amide bonds. The smallest absolute Gasteiger partial charge is 0.338 e. The zero-order valence-electron chi connectivity index (χ0n) is 31.1. The maximum Gasteiger partial charge on any atom is 0.338 e. The molecule has 4 aromatic rings. The molecular formula is C41H43NO16. The van der Waals surface area contributed by atoms with Crippen molar-refractivity contribution in [2.45, 2.75) is 68.3 Å². The van der Waals surface area contributed by atoms with Gasteiger partial charge in [0.1, 0.15) is 60.3 Å². The Labute approximate surface area is 331 Å². The van der Waals surface area contributed by atoms with Crippen molar-refractivity contribution in [2.24, 2.45) is 0 Å². The lowest BCUT2D eigenvalue weighted by Crippen LogP contribution is -2.65. The van der Waals surface area contributed by atoms with Crippen LogP contribution in [-0.4, -0.2) is 140 Å². The highest BCUT2D eigenvalue weighted by Gasteiger charge is 2.47. The van der Waals surface area contributed by atoms with E-state index in [1.807, 2.05) is 0 Å². The number of nitrogens with one attached hydrogen (secondary N) is 1. The van der Waals surface area contributed by atoms with E-state index < -0.39 is 92.4 Å². The van der Waals surface area contributed by atoms with Gasteiger partial charge in [-0.3, -0.25) is 4.79 Å². The summed E-state index contributed by atoms with van der Waals surface area (Å²) in [5, 5.41) is 84.6. The van der Waals surface area contributed by atoms with E-state index >= 15 is 0 Å². The molecule has 2 saturated heterocycles. The van der Waals surface area contributed by atoms with Crippen LogP contribution in [0.2, 0.25) is 0 Å². The highest BCUT2D eigenvalue weighted by Crippen LogP contribution is 2.40. The van der Waals surface area contributed by atoms with E-state index in [-0.39, 0.29) is 22.6 Å². The van der Waals surface area contributed by atoms with Crippen LogP contribution in [0.4, 0.5) is 0 Å². The number of para-hydroxylation sites is 1. The summed E-state index contributed by atoms with van der Waals surface area (Å²) in [6.07, 6.45) is -13.8. The van der Waals surface area contributed by atoms with Crippen molar-refractivity contribution in [2.75, 3.05) is 20.3 Å². The van der Waals surface area contributed by atoms with E-state index in [1.54, 1.807) is 54.6 Å². The van der Waals surface area contributed by atoms with Crippen LogP contribution < -0.4 is 14.8 Å². The zero-order chi connectivity index (χ0) is 41.8. The molecule has 2 aliphatic rings. The topological polar surface area (TPSA) is 271 Å². The van der Waals surface area contributed by atoms with Gasteiger partial charge in [0.05, 0.1) is 31.5 Å². The number of amides is 1. The summed E-state index contributed by atoms with van der Waals surface area (Å²) in [5.74, 6) is -2.26. The van der Waals surface area contributed by atoms with Crippen LogP contribution in [0.15, 0.2) is 84.9 Å². The highest BCUT2D eigenvalue weighted by atomic mass is 16.7. The van der Waals surface area contributed by atoms with E-state index in [9.17, 15) is 55.2 Å². The van der Waals surface area contributed by atoms with E-state index in [0.717, 1.165) is 0 Å². The second kappa shape index (κ2) is 18.0. The average Bonchev–Trinajstić information content (AvgIpc) is 3.23. The van der Waals surface area contributed by atoms with Crippen molar-refractivity contribution in [1.29, 1.82) is 0 Å². The number of carbonyl (C=O) groups excluding carboxylic acids is 2. The van der Waals surface area contributed by atoms with Gasteiger partial charge in [-0.25, -0.2) is 9.59 Å². The van der Waals surface area contributed by atoms with E-state index in [1.165, 1.54) is 44.4 Å². The maximum absolute atomic E-state index is 13.4. The number of hydrogen-bond donors (Lipinski definition) is 9. The summed E-state index contributed by atoms with van der Waals surface area (Å²) in [7, 11) is 1.20. The minimum absolute atomic E-state index is 0.0118. The molecule has 10 atom stereocenters. The molecular weight excluding hydrogens is 762 g/mol. The van der Waals surface area contributed by atoms with Crippen LogP contribution >= 0.6 is 0 Å². The molecule has 308 valence electrons. The molecule has 2 fully saturated rings. The van der Waals surface area contributed by atoms with Gasteiger partial charge in [-0.05, 0) is 52.6 Å². The monoisotopic (exact) mass is 805 g/mol. The van der Waals surface area contributed by atoms with E-state index in [2.05, 4.69) is 5.32 Å². The Balaban J connectivity index is 1.41. The molecule has 0 bridgehead atoms. The van der Waals surface area contributed by atoms with E-state index in [0.29, 0.717) is 33.4 Å². The fraction of sp³-hybridized carbons (Fsp3) is 0.341. The van der Waals surface area contributed by atoms with Gasteiger partial charge < -0.3 is 69.9 Å². The lowest BCUT2D eigenvalue weighted by atomic mass is 9.92. The molecule has 0 saturated carbocycles. The minimum Gasteiger partial charge on any atom is -0.478 e. The molecule has 17 nitrogen and oxygen atoms in total. The molecule has 58 heavy (non-hydrogen) atoms. The highest BCUT2D eigenvalue weighted by molar-refractivity contribution is 5.99. The largest absolute Gasteiger partial charge is 0.478 e. The number of benzene rings is 4. The second-order valence-corrected chi connectivity index (χ2v) is 13.7. The summed E-state index contributed by atoms with van der Waals surface area (Å²) in [4.78, 5) is 37.3. The number of aromatic carboxylic acids is 1. The molecule has 2 heterocycles. The van der Waals surface area contributed by atoms with Crippen molar-refractivity contribution < 1.29 is 78.9 Å². The SMILES string of the molecule is COC(=O)c1cc(-c2ccccc2OC2OC(CO)C(O)C(O)C2NC(C)=O)ccc1-c1ccc(-c2cccc(C(=O)O)c2)c(OC2OC(CO)C(O)C(O)C2O)c1. The second-order valence-electron chi connectivity index (χ2n) is 13.7. The maximum atomic E-state index is 13.4. The van der Waals surface area contributed by atoms with Gasteiger partial charge in [0.25, 0.3) is 0 Å². The van der Waals surface area contributed by atoms with Gasteiger partial charge in [-0.15, -0.1) is 0 Å². The van der Waals surface area contributed by atoms with Crippen LogP contribution in [0.25, 0.3) is 33.4 Å². The van der Waals surface area contributed by atoms with Crippen LogP contribution in [0, 0.1) is 0 Å². The molecule has 0 spiro atoms. The first kappa shape index (κ1) is 42.1. The molecule has 10 unspecified atom stereocenters. The normalized spacial score (nSPS) is 27.0. The standard InChI is InChI=1S/C41H43NO16/c1-19(45)42-32-35(48)33(46)30(17-43)57-40(32)55-28-9-4-3-8-25(28)21-10-12-24(27(15-21)39(53)54-2)22-11-13-26(20-6-5-7-23(14-20)38(51)52)29(16-22)56-41-37(50)36(49)34(47)31(18-44)58-41/h3-16,30-37,40-41,43-44,46-50H,17-18H2,1-2H3,(H,42,45)(H,51,52). The number of hydrogen-bond acceptors (Lipinski definition) is 15. The Kier molecular flexibility index (Phi) is 13.1. The summed E-state index contributed by atoms with van der Waals surface area (Å²) in [5.41, 5.74) is 2.36. The molecule has 0 aliphatic carbocycles. The number of carbonyl (C=O) groups is 3. The summed E-state index contributed by atoms with van der Waals surface area (Å²) < 4.78 is 28.8. The van der Waals surface area contributed by atoms with Crippen molar-refractivity contribution in [3.8, 4) is 44.9 Å². The Morgan fingerprint density at radius 2 is 1.22 bits per heavy atom. The molecule has 9 N–H and O–H groups in total. The first-order chi connectivity index (χ1) is 27.8. The van der Waals surface area contributed by atoms with Crippen LogP contribution in [0.3, 0.4) is 0 Å². The van der Waals surface area contributed by atoms with Gasteiger partial charge >= 0.3 is 11.9 Å². The van der Waals surface area contributed by atoms with Gasteiger partial charge in [0.2, 0.25) is 18.5 Å². The fourth-order valence-corrected chi connectivity index (χ4v) is 6.88. The summed E-state index contributed by atoms with van der Waals surface area (Å²) >= 11 is 0. The quantitative estimate of drug-likeness (QED) is 0.0891. The van der Waals surface area contributed by atoms with Crippen LogP contribution in [-0.2, 0) is 19.0 Å². The summed E-state index contributed by atoms with van der Waals surface area (Å²) in [6.45, 7) is -0.145. The lowest BCUT2D eigenvalue weighted by Gasteiger charge is -2.42. The predicted molar refractivity (Wildman–Crippen MR) is 201 cm³/mol. The van der Waals surface area contributed by atoms with E-state index in [4.69, 9.17) is 23.7 Å². The van der Waals surface area contributed by atoms with Crippen molar-refractivity contribution >= 4 is 17.8 Å². The third-order valence-corrected chi connectivity index (χ3v) is 9.92. The number of esters is 1. The third-order valence-electron chi connectivity index (χ3n) is 9.92. The molecule has 17 heteroatoms. The number of aliphatic hydroxyl groups is 7. The Bertz CT molecular complexity index is 2130. The summed E-state index contributed by atoms with van der Waals surface area (Å²) in [6, 6.07) is 20.9. The lowest BCUT2D eigenvalue weighted by molar-refractivity contribution is -0.277. The van der Waals surface area contributed by atoms with Crippen LogP contribution in [0.1, 0.15) is 27.6 Å². The Morgan fingerprint density at radius 1 is 0.638 bits per heavy atom. The first-order valence-corrected chi connectivity index (χ1v) is 18.1. The molecule has 4 aromatic carbocycles. The van der Waals surface area contributed by atoms with Crippen molar-refractivity contribution in [3.05, 3.63) is 96.1 Å². The third kappa shape index (κ3) is 8.68. The number of rotatable bonds is 12. The van der Waals surface area contributed by atoms with Crippen molar-refractivity contribution in [1.82, 2.24) is 5.32 Å². The fourth-order valence-electron chi connectivity index (χ4n) is 6.88. The zero-order valence-corrected chi connectivity index (χ0v) is 31.1. The number of aliphatic hydroxyl groups excluding tert-OH is 7. The van der Waals surface area contributed by atoms with Gasteiger partial charge in [-0.2, -0.15) is 0 Å². The molecule has 6 rings (SSSR count). The van der Waals surface area contributed by atoms with Gasteiger partial charge in [0, 0.05) is 18.1 Å². The van der Waals surface area contributed by atoms with Crippen LogP contribution in [0.5, 0.6) is 11.5 Å². The predicted octanol–water partition coefficient (Wildman–Crippen LogP) is 0.674.